The van der Waals surface area contributed by atoms with Gasteiger partial charge in [0, 0.05) is 44.0 Å². The van der Waals surface area contributed by atoms with E-state index in [1.165, 1.54) is 110 Å². The van der Waals surface area contributed by atoms with Crippen LogP contribution in [0.4, 0.5) is 34.1 Å². The molecule has 4 nitrogen and oxygen atoms in total. The molecule has 12 aromatic carbocycles. The Labute approximate surface area is 500 Å². The molecule has 1 aromatic heterocycles. The minimum Gasteiger partial charge on any atom is -0.505 e. The summed E-state index contributed by atoms with van der Waals surface area (Å²) in [7, 11) is 0. The average Bonchev–Trinajstić information content (AvgIpc) is 1.10. The van der Waals surface area contributed by atoms with Gasteiger partial charge in [0.15, 0.2) is 5.58 Å². The number of fused-ring (bicyclic) bond motifs is 3. The van der Waals surface area contributed by atoms with Crippen molar-refractivity contribution in [3.8, 4) is 39.1 Å². The number of anilines is 6. The molecule has 1 heterocycles. The molecule has 0 aliphatic heterocycles. The molecule has 4 heteroatoms. The second-order valence-corrected chi connectivity index (χ2v) is 24.6. The van der Waals surface area contributed by atoms with Crippen LogP contribution in [-0.4, -0.2) is 5.11 Å². The molecule has 0 bridgehead atoms. The van der Waals surface area contributed by atoms with Gasteiger partial charge in [0.1, 0.15) is 11.3 Å². The van der Waals surface area contributed by atoms with Gasteiger partial charge in [-0.2, -0.15) is 0 Å². The fraction of sp³-hybridized carbons (Fsp3) is 0.210. The molecule has 2 saturated carbocycles. The number of rotatable bonds is 12. The summed E-state index contributed by atoms with van der Waals surface area (Å²) in [4.78, 5) is 4.92. The zero-order valence-electron chi connectivity index (χ0n) is 49.4. The summed E-state index contributed by atoms with van der Waals surface area (Å²) in [6.07, 6.45) is 13.0. The maximum Gasteiger partial charge on any atom is 0.159 e. The van der Waals surface area contributed by atoms with Crippen molar-refractivity contribution in [1.29, 1.82) is 0 Å². The number of furan rings is 1. The Bertz CT molecular complexity index is 4680. The van der Waals surface area contributed by atoms with Crippen LogP contribution in [0.25, 0.3) is 87.6 Å². The van der Waals surface area contributed by atoms with Crippen LogP contribution < -0.4 is 9.80 Å². The van der Waals surface area contributed by atoms with Crippen LogP contribution in [0, 0.1) is 20.8 Å². The Balaban J connectivity index is 1.02. The highest BCUT2D eigenvalue weighted by Crippen LogP contribution is 2.55. The minimum absolute atomic E-state index is 0.257. The van der Waals surface area contributed by atoms with E-state index < -0.39 is 0 Å². The lowest BCUT2D eigenvalue weighted by Crippen LogP contribution is -2.15. The van der Waals surface area contributed by atoms with Crippen LogP contribution in [0.3, 0.4) is 0 Å². The highest BCUT2D eigenvalue weighted by molar-refractivity contribution is 6.30. The lowest BCUT2D eigenvalue weighted by atomic mass is 9.77. The predicted molar refractivity (Wildman–Crippen MR) is 360 cm³/mol. The fourth-order valence-electron chi connectivity index (χ4n) is 15.2. The van der Waals surface area contributed by atoms with Gasteiger partial charge in [0.05, 0.1) is 22.7 Å². The van der Waals surface area contributed by atoms with Crippen LogP contribution in [-0.2, 0) is 6.42 Å². The van der Waals surface area contributed by atoms with Gasteiger partial charge in [-0.1, -0.05) is 203 Å². The summed E-state index contributed by atoms with van der Waals surface area (Å²) in [5, 5.41) is 23.1. The summed E-state index contributed by atoms with van der Waals surface area (Å²) < 4.78 is 7.42. The first-order chi connectivity index (χ1) is 41.8. The molecule has 0 unspecified atom stereocenters. The van der Waals surface area contributed by atoms with Crippen molar-refractivity contribution < 1.29 is 9.52 Å². The molecule has 2 fully saturated rings. The largest absolute Gasteiger partial charge is 0.505 e. The third-order valence-electron chi connectivity index (χ3n) is 19.3. The van der Waals surface area contributed by atoms with Gasteiger partial charge in [-0.15, -0.1) is 0 Å². The summed E-state index contributed by atoms with van der Waals surface area (Å²) in [5.74, 6) is 1.05. The first-order valence-corrected chi connectivity index (χ1v) is 31.3. The summed E-state index contributed by atoms with van der Waals surface area (Å²) in [5.41, 5.74) is 22.1. The Morgan fingerprint density at radius 3 is 1.48 bits per heavy atom. The number of benzene rings is 12. The monoisotopic (exact) mass is 1100 g/mol. The van der Waals surface area contributed by atoms with Crippen molar-refractivity contribution in [3.63, 3.8) is 0 Å². The molecule has 2 aliphatic carbocycles. The molecular formula is C81H72N2O2. The SMILES string of the molecule is CCc1ccccc1-c1cccc2c1oc1c(N(c3cccc(C)c3)c3cc(C4CCCCC4)c4ccc5c(N(c6cccc(C)c6)c6cccc(-c7cccc(-c8ccccc8C)c7)c6O)cc(C6CCCCC6)c6ccc3c4c65)cccc12. The number of hydrogen-bond donors (Lipinski definition) is 1. The Kier molecular flexibility index (Phi) is 13.5. The Hall–Kier alpha value is -9.12. The number of para-hydroxylation sites is 3. The standard InChI is InChI=1S/C81H72N2O2/c1-5-54-25-13-15-35-62(54)66-37-19-38-67-68-39-21-41-74(81(68)85-80(66)67)83(60-33-17-23-52(3)47-60)76-50-72(56-28-10-7-11-29-56)65-42-44-69-75(49-71(55-26-8-6-9-27-55)64-43-45-70(76)78(65)77(64)69)82(59-32-16-22-51(2)46-59)73-40-20-36-63(79(73)84)58-31-18-30-57(48-58)61-34-14-12-24-53(61)4/h12-25,30-50,55-56,84H,5-11,26-29H2,1-4H3. The van der Waals surface area contributed by atoms with Crippen molar-refractivity contribution >= 4 is 88.4 Å². The third kappa shape index (κ3) is 9.12. The van der Waals surface area contributed by atoms with Gasteiger partial charge < -0.3 is 19.3 Å². The predicted octanol–water partition coefficient (Wildman–Crippen LogP) is 23.7. The van der Waals surface area contributed by atoms with E-state index in [4.69, 9.17) is 4.42 Å². The first kappa shape index (κ1) is 52.7. The van der Waals surface area contributed by atoms with Gasteiger partial charge >= 0.3 is 0 Å². The van der Waals surface area contributed by atoms with Crippen molar-refractivity contribution in [2.24, 2.45) is 0 Å². The van der Waals surface area contributed by atoms with E-state index in [0.717, 1.165) is 116 Å². The molecule has 0 saturated heterocycles. The van der Waals surface area contributed by atoms with E-state index in [0.29, 0.717) is 11.8 Å². The lowest BCUT2D eigenvalue weighted by molar-refractivity contribution is 0.445. The van der Waals surface area contributed by atoms with Crippen LogP contribution >= 0.6 is 0 Å². The molecule has 0 atom stereocenters. The van der Waals surface area contributed by atoms with Crippen molar-refractivity contribution in [2.75, 3.05) is 9.80 Å². The second-order valence-electron chi connectivity index (χ2n) is 24.6. The van der Waals surface area contributed by atoms with Gasteiger partial charge in [-0.25, -0.2) is 0 Å². The number of aryl methyl sites for hydroxylation is 4. The van der Waals surface area contributed by atoms with Crippen molar-refractivity contribution in [3.05, 3.63) is 246 Å². The number of phenolic OH excluding ortho intramolecular Hbond substituents is 1. The molecule has 1 N–H and O–H groups in total. The van der Waals surface area contributed by atoms with E-state index in [1.807, 2.05) is 0 Å². The maximum atomic E-state index is 13.2. The molecule has 418 valence electrons. The van der Waals surface area contributed by atoms with Gasteiger partial charge in [-0.3, -0.25) is 0 Å². The van der Waals surface area contributed by atoms with E-state index in [2.05, 4.69) is 250 Å². The van der Waals surface area contributed by atoms with Gasteiger partial charge in [0.25, 0.3) is 0 Å². The zero-order valence-corrected chi connectivity index (χ0v) is 49.4. The van der Waals surface area contributed by atoms with E-state index in [9.17, 15) is 5.11 Å². The highest BCUT2D eigenvalue weighted by Gasteiger charge is 2.31. The smallest absolute Gasteiger partial charge is 0.159 e. The molecule has 2 aliphatic rings. The summed E-state index contributed by atoms with van der Waals surface area (Å²) in [6.45, 7) is 8.80. The Morgan fingerprint density at radius 1 is 0.388 bits per heavy atom. The quantitative estimate of drug-likeness (QED) is 0.124. The summed E-state index contributed by atoms with van der Waals surface area (Å²) >= 11 is 0. The molecule has 0 radical (unpaired) electrons. The van der Waals surface area contributed by atoms with Crippen LogP contribution in [0.5, 0.6) is 5.75 Å². The number of hydrogen-bond acceptors (Lipinski definition) is 4. The molecule has 85 heavy (non-hydrogen) atoms. The zero-order chi connectivity index (χ0) is 57.3. The molecule has 0 spiro atoms. The van der Waals surface area contributed by atoms with Crippen molar-refractivity contribution in [2.45, 2.75) is 110 Å². The molecule has 0 amide bonds. The minimum atomic E-state index is 0.257. The van der Waals surface area contributed by atoms with E-state index in [-0.39, 0.29) is 5.75 Å². The van der Waals surface area contributed by atoms with Crippen LogP contribution in [0.1, 0.15) is 116 Å². The average molecular weight is 1110 g/mol. The van der Waals surface area contributed by atoms with Gasteiger partial charge in [-0.05, 0) is 196 Å². The third-order valence-corrected chi connectivity index (χ3v) is 19.3. The Morgan fingerprint density at radius 2 is 0.871 bits per heavy atom. The maximum absolute atomic E-state index is 13.2. The fourth-order valence-corrected chi connectivity index (χ4v) is 15.2. The summed E-state index contributed by atoms with van der Waals surface area (Å²) in [6, 6.07) is 78.6. The van der Waals surface area contributed by atoms with Crippen LogP contribution in [0.2, 0.25) is 0 Å². The number of phenols is 1. The molecule has 15 rings (SSSR count). The lowest BCUT2D eigenvalue weighted by Gasteiger charge is -2.33. The highest BCUT2D eigenvalue weighted by atomic mass is 16.3. The van der Waals surface area contributed by atoms with Crippen LogP contribution in [0.15, 0.2) is 217 Å². The van der Waals surface area contributed by atoms with E-state index in [1.54, 1.807) is 0 Å². The first-order valence-electron chi connectivity index (χ1n) is 31.3. The number of nitrogens with zero attached hydrogens (tertiary/aromatic N) is 2. The van der Waals surface area contributed by atoms with E-state index >= 15 is 0 Å². The number of aromatic hydroxyl groups is 1. The van der Waals surface area contributed by atoms with Crippen molar-refractivity contribution in [1.82, 2.24) is 0 Å². The molecule has 13 aromatic rings. The van der Waals surface area contributed by atoms with Gasteiger partial charge in [0.2, 0.25) is 0 Å². The molecular weight excluding hydrogens is 1030 g/mol. The normalized spacial score (nSPS) is 14.4. The second kappa shape index (κ2) is 21.8. The topological polar surface area (TPSA) is 39.9 Å².